The van der Waals surface area contributed by atoms with Crippen molar-refractivity contribution in [2.45, 2.75) is 18.9 Å². The minimum atomic E-state index is -1.23. The lowest BCUT2D eigenvalue weighted by atomic mass is 9.86. The number of carbonyl (C=O) groups is 3. The van der Waals surface area contributed by atoms with Crippen LogP contribution in [0.15, 0.2) is 65.1 Å². The molecule has 1 aliphatic heterocycles. The SMILES string of the molecule is N/C(=N/O)c1cc(CNC(=O)CN2C(=O)c3ccccc3C(CC(=O)[O-])c3ccccc32)cs1. The van der Waals surface area contributed by atoms with Crippen LogP contribution in [0.3, 0.4) is 0 Å². The Labute approximate surface area is 199 Å². The lowest BCUT2D eigenvalue weighted by molar-refractivity contribution is -0.306. The van der Waals surface area contributed by atoms with Crippen LogP contribution < -0.4 is 21.1 Å². The number of nitrogens with two attached hydrogens (primary N) is 1. The van der Waals surface area contributed by atoms with Crippen molar-refractivity contribution in [2.24, 2.45) is 10.9 Å². The molecule has 2 heterocycles. The number of rotatable bonds is 7. The number of aliphatic carboxylic acids is 1. The van der Waals surface area contributed by atoms with Crippen LogP contribution in [0.4, 0.5) is 5.69 Å². The third kappa shape index (κ3) is 4.62. The number of nitrogens with zero attached hydrogens (tertiary/aromatic N) is 2. The quantitative estimate of drug-likeness (QED) is 0.203. The predicted molar refractivity (Wildman–Crippen MR) is 125 cm³/mol. The van der Waals surface area contributed by atoms with E-state index in [0.717, 1.165) is 5.56 Å². The van der Waals surface area contributed by atoms with Crippen molar-refractivity contribution in [1.29, 1.82) is 0 Å². The van der Waals surface area contributed by atoms with Crippen LogP contribution in [0, 0.1) is 0 Å². The number of oxime groups is 1. The molecule has 0 saturated heterocycles. The molecule has 34 heavy (non-hydrogen) atoms. The van der Waals surface area contributed by atoms with Crippen LogP contribution in [-0.4, -0.2) is 35.4 Å². The van der Waals surface area contributed by atoms with Gasteiger partial charge >= 0.3 is 0 Å². The lowest BCUT2D eigenvalue weighted by Gasteiger charge is -2.24. The van der Waals surface area contributed by atoms with Gasteiger partial charge in [-0.05, 0) is 46.7 Å². The van der Waals surface area contributed by atoms with Crippen LogP contribution in [-0.2, 0) is 16.1 Å². The Morgan fingerprint density at radius 2 is 1.85 bits per heavy atom. The van der Waals surface area contributed by atoms with Crippen molar-refractivity contribution >= 4 is 40.6 Å². The van der Waals surface area contributed by atoms with Crippen LogP contribution in [0.2, 0.25) is 0 Å². The molecule has 2 amide bonds. The van der Waals surface area contributed by atoms with Crippen molar-refractivity contribution < 1.29 is 24.7 Å². The predicted octanol–water partition coefficient (Wildman–Crippen LogP) is 1.39. The van der Waals surface area contributed by atoms with Gasteiger partial charge in [0.25, 0.3) is 5.91 Å². The fourth-order valence-corrected chi connectivity index (χ4v) is 4.85. The Morgan fingerprint density at radius 3 is 2.59 bits per heavy atom. The number of para-hydroxylation sites is 1. The van der Waals surface area contributed by atoms with E-state index in [4.69, 9.17) is 10.9 Å². The molecule has 4 rings (SSSR count). The maximum atomic E-state index is 13.5. The zero-order valence-corrected chi connectivity index (χ0v) is 18.7. The molecule has 3 aromatic rings. The molecule has 0 aliphatic carbocycles. The molecule has 0 fully saturated rings. The molecule has 1 atom stereocenters. The summed E-state index contributed by atoms with van der Waals surface area (Å²) in [7, 11) is 0. The van der Waals surface area contributed by atoms with Gasteiger partial charge in [0.1, 0.15) is 6.54 Å². The van der Waals surface area contributed by atoms with Crippen molar-refractivity contribution in [2.75, 3.05) is 11.4 Å². The van der Waals surface area contributed by atoms with E-state index < -0.39 is 17.8 Å². The lowest BCUT2D eigenvalue weighted by Crippen LogP contribution is -2.40. The Kier molecular flexibility index (Phi) is 6.60. The second kappa shape index (κ2) is 9.75. The van der Waals surface area contributed by atoms with Crippen LogP contribution in [0.5, 0.6) is 0 Å². The van der Waals surface area contributed by atoms with Gasteiger partial charge in [-0.15, -0.1) is 11.3 Å². The first-order valence-electron chi connectivity index (χ1n) is 10.4. The molecular formula is C24H21N4O5S-. The van der Waals surface area contributed by atoms with Crippen molar-refractivity contribution in [3.63, 3.8) is 0 Å². The number of amidine groups is 1. The number of hydrogen-bond donors (Lipinski definition) is 3. The molecule has 0 bridgehead atoms. The molecule has 2 aromatic carbocycles. The number of carboxylic acids is 1. The summed E-state index contributed by atoms with van der Waals surface area (Å²) in [6.45, 7) is -0.0545. The average molecular weight is 478 g/mol. The Morgan fingerprint density at radius 1 is 1.15 bits per heavy atom. The van der Waals surface area contributed by atoms with E-state index >= 15 is 0 Å². The number of carboxylic acid groups (broad SMARTS) is 1. The molecule has 10 heteroatoms. The van der Waals surface area contributed by atoms with Gasteiger partial charge < -0.3 is 26.2 Å². The summed E-state index contributed by atoms with van der Waals surface area (Å²) in [5.41, 5.74) is 8.40. The number of anilines is 1. The minimum Gasteiger partial charge on any atom is -0.550 e. The van der Waals surface area contributed by atoms with E-state index in [1.54, 1.807) is 60.0 Å². The first kappa shape index (κ1) is 23.0. The molecule has 1 aromatic heterocycles. The summed E-state index contributed by atoms with van der Waals surface area (Å²) in [6, 6.07) is 15.5. The van der Waals surface area contributed by atoms with E-state index in [2.05, 4.69) is 10.5 Å². The summed E-state index contributed by atoms with van der Waals surface area (Å²) in [4.78, 5) is 39.8. The number of hydrogen-bond acceptors (Lipinski definition) is 7. The standard InChI is InChI=1S/C24H22N4O5S/c25-23(27-33)20-9-14(13-34-20)11-26-21(29)12-28-19-8-4-3-6-16(19)18(10-22(30)31)15-5-1-2-7-17(15)24(28)32/h1-9,13,18,33H,10-12H2,(H2,25,27)(H,26,29)(H,30,31)/p-1. The third-order valence-corrected chi connectivity index (χ3v) is 6.59. The molecule has 0 saturated carbocycles. The molecule has 9 nitrogen and oxygen atoms in total. The highest BCUT2D eigenvalue weighted by Crippen LogP contribution is 2.40. The van der Waals surface area contributed by atoms with E-state index in [-0.39, 0.29) is 31.3 Å². The first-order valence-corrected chi connectivity index (χ1v) is 11.3. The monoisotopic (exact) mass is 477 g/mol. The van der Waals surface area contributed by atoms with E-state index in [1.807, 2.05) is 0 Å². The summed E-state index contributed by atoms with van der Waals surface area (Å²) in [6.07, 6.45) is -0.290. The van der Waals surface area contributed by atoms with E-state index in [9.17, 15) is 19.5 Å². The zero-order valence-electron chi connectivity index (χ0n) is 17.9. The number of amides is 2. The number of thiophene rings is 1. The highest BCUT2D eigenvalue weighted by Gasteiger charge is 2.33. The van der Waals surface area contributed by atoms with E-state index in [1.165, 1.54) is 16.2 Å². The van der Waals surface area contributed by atoms with E-state index in [0.29, 0.717) is 27.3 Å². The van der Waals surface area contributed by atoms with Gasteiger partial charge in [-0.25, -0.2) is 0 Å². The Bertz CT molecular complexity index is 1290. The number of fused-ring (bicyclic) bond motifs is 2. The van der Waals surface area contributed by atoms with Gasteiger partial charge in [0.2, 0.25) is 5.91 Å². The zero-order chi connectivity index (χ0) is 24.2. The molecular weight excluding hydrogens is 456 g/mol. The maximum Gasteiger partial charge on any atom is 0.259 e. The van der Waals surface area contributed by atoms with Gasteiger partial charge in [-0.2, -0.15) is 0 Å². The number of nitrogens with one attached hydrogen (secondary N) is 1. The third-order valence-electron chi connectivity index (χ3n) is 5.59. The number of carbonyl (C=O) groups excluding carboxylic acids is 3. The van der Waals surface area contributed by atoms with Gasteiger partial charge in [0.15, 0.2) is 5.84 Å². The molecule has 174 valence electrons. The van der Waals surface area contributed by atoms with Crippen LogP contribution in [0.25, 0.3) is 0 Å². The summed E-state index contributed by atoms with van der Waals surface area (Å²) in [5.74, 6) is -2.61. The number of benzene rings is 2. The second-order valence-corrected chi connectivity index (χ2v) is 8.66. The normalized spacial score (nSPS) is 15.3. The Balaban J connectivity index is 1.61. The minimum absolute atomic E-state index is 0.0147. The van der Waals surface area contributed by atoms with Gasteiger partial charge in [-0.3, -0.25) is 14.5 Å². The maximum absolute atomic E-state index is 13.5. The summed E-state index contributed by atoms with van der Waals surface area (Å²) >= 11 is 1.28. The van der Waals surface area contributed by atoms with Crippen molar-refractivity contribution in [1.82, 2.24) is 5.32 Å². The fraction of sp³-hybridized carbons (Fsp3) is 0.167. The smallest absolute Gasteiger partial charge is 0.259 e. The molecule has 0 spiro atoms. The van der Waals surface area contributed by atoms with Gasteiger partial charge in [-0.1, -0.05) is 41.6 Å². The Hall–Kier alpha value is -4.18. The molecule has 4 N–H and O–H groups in total. The average Bonchev–Trinajstić information content (AvgIpc) is 3.30. The van der Waals surface area contributed by atoms with Crippen LogP contribution >= 0.6 is 11.3 Å². The highest BCUT2D eigenvalue weighted by atomic mass is 32.1. The van der Waals surface area contributed by atoms with Crippen molar-refractivity contribution in [3.05, 3.63) is 87.1 Å². The summed E-state index contributed by atoms with van der Waals surface area (Å²) in [5, 5.41) is 27.8. The molecule has 0 radical (unpaired) electrons. The van der Waals surface area contributed by atoms with Gasteiger partial charge in [0.05, 0.1) is 4.88 Å². The van der Waals surface area contributed by atoms with Crippen LogP contribution in [0.1, 0.15) is 44.3 Å². The second-order valence-electron chi connectivity index (χ2n) is 7.75. The fourth-order valence-electron chi connectivity index (χ4n) is 4.04. The molecule has 1 aliphatic rings. The summed E-state index contributed by atoms with van der Waals surface area (Å²) < 4.78 is 0. The topological polar surface area (TPSA) is 148 Å². The van der Waals surface area contributed by atoms with Crippen molar-refractivity contribution in [3.8, 4) is 0 Å². The first-order chi connectivity index (χ1) is 16.4. The van der Waals surface area contributed by atoms with Gasteiger partial charge in [0, 0.05) is 29.7 Å². The highest BCUT2D eigenvalue weighted by molar-refractivity contribution is 7.12. The molecule has 1 unspecified atom stereocenters. The largest absolute Gasteiger partial charge is 0.550 e.